The van der Waals surface area contributed by atoms with E-state index >= 15 is 0 Å². The molecule has 2 atom stereocenters. The van der Waals surface area contributed by atoms with Gasteiger partial charge in [-0.1, -0.05) is 84.1 Å². The first-order chi connectivity index (χ1) is 13.2. The van der Waals surface area contributed by atoms with Crippen molar-refractivity contribution in [3.05, 3.63) is 95.6 Å². The van der Waals surface area contributed by atoms with Crippen LogP contribution < -0.4 is 0 Å². The summed E-state index contributed by atoms with van der Waals surface area (Å²) >= 11 is 3.37. The Balaban J connectivity index is 1.63. The number of para-hydroxylation sites is 1. The predicted octanol–water partition coefficient (Wildman–Crippen LogP) is 6.04. The van der Waals surface area contributed by atoms with Gasteiger partial charge in [0.2, 0.25) is 0 Å². The molecule has 0 saturated carbocycles. The van der Waals surface area contributed by atoms with E-state index in [1.165, 1.54) is 15.8 Å². The maximum atomic E-state index is 11.1. The molecule has 4 rings (SSSR count). The van der Waals surface area contributed by atoms with E-state index in [1.807, 2.05) is 48.5 Å². The summed E-state index contributed by atoms with van der Waals surface area (Å²) in [6.45, 7) is 2.06. The lowest BCUT2D eigenvalue weighted by atomic mass is 10.00. The van der Waals surface area contributed by atoms with Crippen LogP contribution in [0.15, 0.2) is 83.2 Å². The molecule has 1 aromatic heterocycles. The van der Waals surface area contributed by atoms with Crippen LogP contribution in [0.4, 0.5) is 0 Å². The zero-order chi connectivity index (χ0) is 18.6. The van der Waals surface area contributed by atoms with Crippen molar-refractivity contribution < 1.29 is 5.11 Å². The van der Waals surface area contributed by atoms with Crippen molar-refractivity contribution in [3.63, 3.8) is 0 Å². The Morgan fingerprint density at radius 1 is 0.926 bits per heavy atom. The summed E-state index contributed by atoms with van der Waals surface area (Å²) in [5.74, 6) is 0. The molecule has 136 valence electrons. The van der Waals surface area contributed by atoms with Crippen LogP contribution in [0.3, 0.4) is 0 Å². The molecular formula is C23H21NOS2. The number of aliphatic hydroxyl groups is 1. The Morgan fingerprint density at radius 2 is 1.63 bits per heavy atom. The van der Waals surface area contributed by atoms with Crippen molar-refractivity contribution in [2.45, 2.75) is 29.0 Å². The summed E-state index contributed by atoms with van der Waals surface area (Å²) in [5, 5.41) is 11.1. The average molecular weight is 392 g/mol. The molecule has 0 bridgehead atoms. The molecule has 3 aromatic carbocycles. The van der Waals surface area contributed by atoms with Crippen molar-refractivity contribution >= 4 is 33.3 Å². The SMILES string of the molecule is Cc1ccc(C(O)C(Cc2ccccc2)Sc2nc3ccccc3s2)cc1. The number of benzene rings is 3. The minimum Gasteiger partial charge on any atom is -0.387 e. The minimum atomic E-state index is -0.553. The number of fused-ring (bicyclic) bond motifs is 1. The molecule has 0 fully saturated rings. The van der Waals surface area contributed by atoms with Crippen LogP contribution in [0, 0.1) is 6.92 Å². The van der Waals surface area contributed by atoms with Gasteiger partial charge >= 0.3 is 0 Å². The number of aryl methyl sites for hydroxylation is 1. The van der Waals surface area contributed by atoms with Crippen molar-refractivity contribution in [3.8, 4) is 0 Å². The maximum absolute atomic E-state index is 11.1. The van der Waals surface area contributed by atoms with E-state index in [-0.39, 0.29) is 5.25 Å². The number of rotatable bonds is 6. The van der Waals surface area contributed by atoms with Gasteiger partial charge in [0, 0.05) is 5.25 Å². The molecule has 4 heteroatoms. The number of aromatic nitrogens is 1. The summed E-state index contributed by atoms with van der Waals surface area (Å²) in [5.41, 5.74) is 4.40. The molecule has 1 N–H and O–H groups in total. The summed E-state index contributed by atoms with van der Waals surface area (Å²) in [4.78, 5) is 4.75. The van der Waals surface area contributed by atoms with Crippen molar-refractivity contribution in [1.29, 1.82) is 0 Å². The van der Waals surface area contributed by atoms with Crippen LogP contribution in [0.2, 0.25) is 0 Å². The van der Waals surface area contributed by atoms with Gasteiger partial charge in [-0.3, -0.25) is 0 Å². The normalized spacial score (nSPS) is 13.6. The molecule has 0 amide bonds. The molecule has 0 spiro atoms. The molecule has 2 nitrogen and oxygen atoms in total. The zero-order valence-corrected chi connectivity index (χ0v) is 16.7. The van der Waals surface area contributed by atoms with Crippen LogP contribution in [-0.4, -0.2) is 15.3 Å². The molecule has 0 radical (unpaired) electrons. The van der Waals surface area contributed by atoms with Crippen molar-refractivity contribution in [1.82, 2.24) is 4.98 Å². The molecule has 1 heterocycles. The topological polar surface area (TPSA) is 33.1 Å². The van der Waals surface area contributed by atoms with Gasteiger partial charge in [0.15, 0.2) is 4.34 Å². The number of aliphatic hydroxyl groups excluding tert-OH is 1. The largest absolute Gasteiger partial charge is 0.387 e. The van der Waals surface area contributed by atoms with Gasteiger partial charge < -0.3 is 5.11 Å². The number of thioether (sulfide) groups is 1. The summed E-state index contributed by atoms with van der Waals surface area (Å²) < 4.78 is 2.19. The summed E-state index contributed by atoms with van der Waals surface area (Å²) in [6, 6.07) is 26.7. The molecule has 27 heavy (non-hydrogen) atoms. The van der Waals surface area contributed by atoms with Crippen LogP contribution >= 0.6 is 23.1 Å². The molecular weight excluding hydrogens is 370 g/mol. The number of thiazole rings is 1. The highest BCUT2D eigenvalue weighted by molar-refractivity contribution is 8.01. The van der Waals surface area contributed by atoms with Gasteiger partial charge in [-0.15, -0.1) is 11.3 Å². The van der Waals surface area contributed by atoms with E-state index in [9.17, 15) is 5.11 Å². The van der Waals surface area contributed by atoms with E-state index in [1.54, 1.807) is 23.1 Å². The Morgan fingerprint density at radius 3 is 2.37 bits per heavy atom. The lowest BCUT2D eigenvalue weighted by Gasteiger charge is -2.22. The van der Waals surface area contributed by atoms with Gasteiger partial charge in [0.25, 0.3) is 0 Å². The molecule has 0 aliphatic carbocycles. The van der Waals surface area contributed by atoms with E-state index in [0.717, 1.165) is 21.8 Å². The first-order valence-electron chi connectivity index (χ1n) is 9.00. The lowest BCUT2D eigenvalue weighted by molar-refractivity contribution is 0.174. The van der Waals surface area contributed by atoms with E-state index < -0.39 is 6.10 Å². The van der Waals surface area contributed by atoms with Gasteiger partial charge in [0.05, 0.1) is 16.3 Å². The fourth-order valence-corrected chi connectivity index (χ4v) is 5.57. The van der Waals surface area contributed by atoms with Crippen LogP contribution in [0.5, 0.6) is 0 Å². The summed E-state index contributed by atoms with van der Waals surface area (Å²) in [6.07, 6.45) is 0.235. The van der Waals surface area contributed by atoms with E-state index in [2.05, 4.69) is 37.3 Å². The number of hydrogen-bond acceptors (Lipinski definition) is 4. The van der Waals surface area contributed by atoms with Gasteiger partial charge in [-0.25, -0.2) is 4.98 Å². The van der Waals surface area contributed by atoms with Crippen LogP contribution in [-0.2, 0) is 6.42 Å². The lowest BCUT2D eigenvalue weighted by Crippen LogP contribution is -2.18. The number of hydrogen-bond donors (Lipinski definition) is 1. The van der Waals surface area contributed by atoms with E-state index in [0.29, 0.717) is 0 Å². The van der Waals surface area contributed by atoms with E-state index in [4.69, 9.17) is 4.98 Å². The highest BCUT2D eigenvalue weighted by Gasteiger charge is 2.24. The fourth-order valence-electron chi connectivity index (χ4n) is 3.07. The third kappa shape index (κ3) is 4.41. The van der Waals surface area contributed by atoms with Gasteiger partial charge in [-0.2, -0.15) is 0 Å². The van der Waals surface area contributed by atoms with Crippen molar-refractivity contribution in [2.75, 3.05) is 0 Å². The Hall–Kier alpha value is -2.14. The molecule has 0 aliphatic heterocycles. The standard InChI is InChI=1S/C23H21NOS2/c1-16-11-13-18(14-12-16)22(25)21(15-17-7-3-2-4-8-17)27-23-24-19-9-5-6-10-20(19)26-23/h2-14,21-22,25H,15H2,1H3. The minimum absolute atomic E-state index is 0.00401. The van der Waals surface area contributed by atoms with Crippen LogP contribution in [0.25, 0.3) is 10.2 Å². The Labute approximate surface area is 167 Å². The highest BCUT2D eigenvalue weighted by atomic mass is 32.2. The molecule has 0 saturated heterocycles. The second-order valence-electron chi connectivity index (χ2n) is 6.65. The number of nitrogens with zero attached hydrogens (tertiary/aromatic N) is 1. The Bertz CT molecular complexity index is 978. The van der Waals surface area contributed by atoms with Gasteiger partial charge in [0.1, 0.15) is 0 Å². The fraction of sp³-hybridized carbons (Fsp3) is 0.174. The van der Waals surface area contributed by atoms with Crippen molar-refractivity contribution in [2.24, 2.45) is 0 Å². The molecule has 4 aromatic rings. The second kappa shape index (κ2) is 8.26. The van der Waals surface area contributed by atoms with Crippen LogP contribution in [0.1, 0.15) is 22.8 Å². The smallest absolute Gasteiger partial charge is 0.151 e. The second-order valence-corrected chi connectivity index (χ2v) is 9.17. The monoisotopic (exact) mass is 391 g/mol. The summed E-state index contributed by atoms with van der Waals surface area (Å²) in [7, 11) is 0. The quantitative estimate of drug-likeness (QED) is 0.407. The molecule has 2 unspecified atom stereocenters. The third-order valence-corrected chi connectivity index (χ3v) is 6.97. The average Bonchev–Trinajstić information content (AvgIpc) is 3.11. The highest BCUT2D eigenvalue weighted by Crippen LogP contribution is 2.38. The maximum Gasteiger partial charge on any atom is 0.151 e. The Kier molecular flexibility index (Phi) is 5.58. The first-order valence-corrected chi connectivity index (χ1v) is 10.7. The van der Waals surface area contributed by atoms with Gasteiger partial charge in [-0.05, 0) is 36.6 Å². The first kappa shape index (κ1) is 18.2. The predicted molar refractivity (Wildman–Crippen MR) is 116 cm³/mol. The zero-order valence-electron chi connectivity index (χ0n) is 15.1. The third-order valence-electron chi connectivity index (χ3n) is 4.58. The molecule has 0 aliphatic rings.